The predicted octanol–water partition coefficient (Wildman–Crippen LogP) is 1.42. The fourth-order valence-electron chi connectivity index (χ4n) is 1.67. The lowest BCUT2D eigenvalue weighted by molar-refractivity contribution is 0.0691. The molecule has 3 rings (SSSR count). The van der Waals surface area contributed by atoms with E-state index in [9.17, 15) is 4.79 Å². The molecule has 3 aromatic heterocycles. The van der Waals surface area contributed by atoms with Crippen LogP contribution in [-0.4, -0.2) is 30.7 Å². The van der Waals surface area contributed by atoms with E-state index in [1.54, 1.807) is 22.9 Å². The van der Waals surface area contributed by atoms with Crippen LogP contribution in [0.15, 0.2) is 36.8 Å². The molecule has 0 radical (unpaired) electrons. The van der Waals surface area contributed by atoms with Crippen LogP contribution in [0.4, 0.5) is 0 Å². The van der Waals surface area contributed by atoms with E-state index in [1.165, 1.54) is 6.20 Å². The highest BCUT2D eigenvalue weighted by Gasteiger charge is 2.09. The lowest BCUT2D eigenvalue weighted by atomic mass is 10.2. The summed E-state index contributed by atoms with van der Waals surface area (Å²) >= 11 is 0. The molecule has 2 N–H and O–H groups in total. The summed E-state index contributed by atoms with van der Waals surface area (Å²) in [6, 6.07) is 5.46. The molecule has 3 aromatic rings. The molecule has 0 atom stereocenters. The second kappa shape index (κ2) is 3.44. The zero-order chi connectivity index (χ0) is 11.8. The summed E-state index contributed by atoms with van der Waals surface area (Å²) in [6.45, 7) is 0. The van der Waals surface area contributed by atoms with Crippen LogP contribution < -0.4 is 0 Å². The first-order chi connectivity index (χ1) is 8.24. The van der Waals surface area contributed by atoms with Gasteiger partial charge in [-0.25, -0.2) is 9.78 Å². The van der Waals surface area contributed by atoms with Crippen molar-refractivity contribution in [3.63, 3.8) is 0 Å². The van der Waals surface area contributed by atoms with Gasteiger partial charge in [0.2, 0.25) is 0 Å². The molecule has 0 bridgehead atoms. The second-order valence-electron chi connectivity index (χ2n) is 3.57. The average molecular weight is 228 g/mol. The molecule has 0 unspecified atom stereocenters. The Morgan fingerprint density at radius 2 is 2.18 bits per heavy atom. The third-order valence-electron chi connectivity index (χ3n) is 2.47. The van der Waals surface area contributed by atoms with Gasteiger partial charge < -0.3 is 9.51 Å². The normalized spacial score (nSPS) is 10.8. The molecule has 0 aliphatic rings. The second-order valence-corrected chi connectivity index (χ2v) is 3.57. The van der Waals surface area contributed by atoms with Gasteiger partial charge in [-0.2, -0.15) is 5.10 Å². The summed E-state index contributed by atoms with van der Waals surface area (Å²) in [4.78, 5) is 14.8. The number of aromatic amines is 1. The van der Waals surface area contributed by atoms with Gasteiger partial charge in [0.15, 0.2) is 5.69 Å². The summed E-state index contributed by atoms with van der Waals surface area (Å²) in [5.41, 5.74) is 2.33. The number of H-pyrrole nitrogens is 1. The Labute approximate surface area is 95.5 Å². The van der Waals surface area contributed by atoms with Crippen LogP contribution in [0.3, 0.4) is 0 Å². The Morgan fingerprint density at radius 1 is 1.29 bits per heavy atom. The highest BCUT2D eigenvalue weighted by Crippen LogP contribution is 2.17. The number of hydrogen-bond acceptors (Lipinski definition) is 3. The van der Waals surface area contributed by atoms with Gasteiger partial charge in [-0.05, 0) is 18.2 Å². The number of nitrogens with one attached hydrogen (secondary N) is 1. The zero-order valence-corrected chi connectivity index (χ0v) is 8.66. The maximum Gasteiger partial charge on any atom is 0.356 e. The first kappa shape index (κ1) is 9.59. The van der Waals surface area contributed by atoms with Gasteiger partial charge in [0.1, 0.15) is 5.65 Å². The molecule has 0 aliphatic heterocycles. The monoisotopic (exact) mass is 228 g/mol. The van der Waals surface area contributed by atoms with E-state index in [0.29, 0.717) is 5.65 Å². The first-order valence-corrected chi connectivity index (χ1v) is 4.96. The minimum absolute atomic E-state index is 0.0316. The Bertz CT molecular complexity index is 685. The minimum Gasteiger partial charge on any atom is -0.476 e. The van der Waals surface area contributed by atoms with Crippen LogP contribution in [0.5, 0.6) is 0 Å². The van der Waals surface area contributed by atoms with Gasteiger partial charge in [-0.3, -0.25) is 5.10 Å². The number of aromatic nitrogens is 4. The van der Waals surface area contributed by atoms with Crippen molar-refractivity contribution in [1.82, 2.24) is 19.6 Å². The first-order valence-electron chi connectivity index (χ1n) is 4.96. The molecular formula is C11H8N4O2. The van der Waals surface area contributed by atoms with Gasteiger partial charge >= 0.3 is 5.97 Å². The van der Waals surface area contributed by atoms with Crippen molar-refractivity contribution in [1.29, 1.82) is 0 Å². The Morgan fingerprint density at radius 3 is 2.88 bits per heavy atom. The highest BCUT2D eigenvalue weighted by atomic mass is 16.4. The van der Waals surface area contributed by atoms with E-state index in [0.717, 1.165) is 11.3 Å². The summed E-state index contributed by atoms with van der Waals surface area (Å²) in [5.74, 6) is -1.03. The van der Waals surface area contributed by atoms with Crippen molar-refractivity contribution in [2.45, 2.75) is 0 Å². The predicted molar refractivity (Wildman–Crippen MR) is 59.7 cm³/mol. The summed E-state index contributed by atoms with van der Waals surface area (Å²) in [7, 11) is 0. The van der Waals surface area contributed by atoms with Crippen LogP contribution in [0.25, 0.3) is 16.9 Å². The number of aromatic carboxylic acids is 1. The number of hydrogen-bond donors (Lipinski definition) is 2. The molecule has 6 heteroatoms. The van der Waals surface area contributed by atoms with Gasteiger partial charge in [0.25, 0.3) is 0 Å². The van der Waals surface area contributed by atoms with Crippen molar-refractivity contribution in [3.8, 4) is 11.3 Å². The van der Waals surface area contributed by atoms with Crippen LogP contribution in [0.2, 0.25) is 0 Å². The van der Waals surface area contributed by atoms with Crippen LogP contribution in [0, 0.1) is 0 Å². The van der Waals surface area contributed by atoms with Crippen LogP contribution in [-0.2, 0) is 0 Å². The lowest BCUT2D eigenvalue weighted by Gasteiger charge is -1.97. The third-order valence-corrected chi connectivity index (χ3v) is 2.47. The zero-order valence-electron chi connectivity index (χ0n) is 8.66. The number of imidazole rings is 1. The van der Waals surface area contributed by atoms with Gasteiger partial charge in [-0.1, -0.05) is 0 Å². The van der Waals surface area contributed by atoms with Crippen LogP contribution in [0.1, 0.15) is 10.5 Å². The van der Waals surface area contributed by atoms with Crippen molar-refractivity contribution < 1.29 is 9.90 Å². The van der Waals surface area contributed by atoms with Gasteiger partial charge in [-0.15, -0.1) is 0 Å². The quantitative estimate of drug-likeness (QED) is 0.694. The summed E-state index contributed by atoms with van der Waals surface area (Å²) in [5, 5.41) is 15.6. The molecular weight excluding hydrogens is 220 g/mol. The summed E-state index contributed by atoms with van der Waals surface area (Å²) < 4.78 is 1.67. The molecule has 0 saturated heterocycles. The molecule has 0 saturated carbocycles. The number of fused-ring (bicyclic) bond motifs is 1. The number of carboxylic acid groups (broad SMARTS) is 1. The number of carbonyl (C=O) groups is 1. The van der Waals surface area contributed by atoms with Gasteiger partial charge in [0, 0.05) is 24.2 Å². The van der Waals surface area contributed by atoms with Gasteiger partial charge in [0.05, 0.1) is 5.69 Å². The van der Waals surface area contributed by atoms with E-state index >= 15 is 0 Å². The molecule has 0 spiro atoms. The summed E-state index contributed by atoms with van der Waals surface area (Å²) in [6.07, 6.45) is 5.01. The van der Waals surface area contributed by atoms with E-state index in [4.69, 9.17) is 5.11 Å². The number of nitrogens with zero attached hydrogens (tertiary/aromatic N) is 3. The topological polar surface area (TPSA) is 83.3 Å². The maximum atomic E-state index is 10.8. The molecule has 0 fully saturated rings. The highest BCUT2D eigenvalue weighted by molar-refractivity contribution is 5.86. The Kier molecular flexibility index (Phi) is 1.94. The maximum absolute atomic E-state index is 10.8. The van der Waals surface area contributed by atoms with Crippen molar-refractivity contribution in [3.05, 3.63) is 42.5 Å². The van der Waals surface area contributed by atoms with Crippen molar-refractivity contribution >= 4 is 11.6 Å². The molecule has 0 aliphatic carbocycles. The largest absolute Gasteiger partial charge is 0.476 e. The SMILES string of the molecule is O=C(O)c1cn2cc(-c3cc[nH]n3)ccc2n1. The van der Waals surface area contributed by atoms with Crippen molar-refractivity contribution in [2.75, 3.05) is 0 Å². The Balaban J connectivity index is 2.16. The molecule has 6 nitrogen and oxygen atoms in total. The van der Waals surface area contributed by atoms with Crippen LogP contribution >= 0.6 is 0 Å². The number of rotatable bonds is 2. The molecule has 17 heavy (non-hydrogen) atoms. The molecule has 0 aromatic carbocycles. The standard InChI is InChI=1S/C11H8N4O2/c16-11(17)9-6-15-5-7(1-2-10(15)13-9)8-3-4-12-14-8/h1-6H,(H,12,14)(H,16,17). The minimum atomic E-state index is -1.03. The van der Waals surface area contributed by atoms with E-state index in [-0.39, 0.29) is 5.69 Å². The number of pyridine rings is 1. The number of carboxylic acids is 1. The van der Waals surface area contributed by atoms with E-state index in [1.807, 2.05) is 12.1 Å². The van der Waals surface area contributed by atoms with Crippen molar-refractivity contribution in [2.24, 2.45) is 0 Å². The van der Waals surface area contributed by atoms with E-state index < -0.39 is 5.97 Å². The third kappa shape index (κ3) is 1.55. The smallest absolute Gasteiger partial charge is 0.356 e. The average Bonchev–Trinajstić information content (AvgIpc) is 2.97. The molecule has 3 heterocycles. The lowest BCUT2D eigenvalue weighted by Crippen LogP contribution is -1.94. The fraction of sp³-hybridized carbons (Fsp3) is 0. The molecule has 0 amide bonds. The van der Waals surface area contributed by atoms with E-state index in [2.05, 4.69) is 15.2 Å². The Hall–Kier alpha value is -2.63. The molecule has 84 valence electrons. The fourth-order valence-corrected chi connectivity index (χ4v) is 1.67.